The van der Waals surface area contributed by atoms with Crippen molar-refractivity contribution >= 4 is 12.2 Å². The van der Waals surface area contributed by atoms with Gasteiger partial charge in [-0.1, -0.05) is 18.7 Å². The summed E-state index contributed by atoms with van der Waals surface area (Å²) in [5, 5.41) is 0. The SMILES string of the molecule is C=Cc1occc1/C=C\C. The van der Waals surface area contributed by atoms with E-state index in [9.17, 15) is 0 Å². The standard InChI is InChI=1S/C9H10O/c1-3-5-8-6-7-10-9(8)4-2/h3-7H,2H2,1H3/b5-3-. The zero-order valence-electron chi connectivity index (χ0n) is 6.00. The van der Waals surface area contributed by atoms with Gasteiger partial charge in [-0.2, -0.15) is 0 Å². The van der Waals surface area contributed by atoms with E-state index in [0.717, 1.165) is 11.3 Å². The van der Waals surface area contributed by atoms with Gasteiger partial charge < -0.3 is 4.42 Å². The minimum Gasteiger partial charge on any atom is -0.464 e. The van der Waals surface area contributed by atoms with Gasteiger partial charge >= 0.3 is 0 Å². The van der Waals surface area contributed by atoms with E-state index in [2.05, 4.69) is 6.58 Å². The van der Waals surface area contributed by atoms with Crippen molar-refractivity contribution in [1.82, 2.24) is 0 Å². The van der Waals surface area contributed by atoms with Crippen LogP contribution in [0.1, 0.15) is 18.2 Å². The quantitative estimate of drug-likeness (QED) is 0.606. The third-order valence-electron chi connectivity index (χ3n) is 1.26. The fraction of sp³-hybridized carbons (Fsp3) is 0.111. The van der Waals surface area contributed by atoms with E-state index in [1.165, 1.54) is 0 Å². The van der Waals surface area contributed by atoms with Crippen molar-refractivity contribution in [2.45, 2.75) is 6.92 Å². The summed E-state index contributed by atoms with van der Waals surface area (Å²) in [5.41, 5.74) is 1.08. The predicted molar refractivity (Wildman–Crippen MR) is 43.5 cm³/mol. The second-order valence-corrected chi connectivity index (χ2v) is 1.94. The molecule has 0 saturated heterocycles. The first kappa shape index (κ1) is 6.87. The molecular formula is C9H10O. The number of hydrogen-bond acceptors (Lipinski definition) is 1. The van der Waals surface area contributed by atoms with Gasteiger partial charge in [-0.3, -0.25) is 0 Å². The maximum Gasteiger partial charge on any atom is 0.133 e. The number of furan rings is 1. The van der Waals surface area contributed by atoms with Crippen LogP contribution in [0.5, 0.6) is 0 Å². The lowest BCUT2D eigenvalue weighted by atomic mass is 10.2. The van der Waals surface area contributed by atoms with E-state index in [-0.39, 0.29) is 0 Å². The van der Waals surface area contributed by atoms with Crippen LogP contribution in [0.15, 0.2) is 29.4 Å². The summed E-state index contributed by atoms with van der Waals surface area (Å²) in [7, 11) is 0. The average Bonchev–Trinajstić information content (AvgIpc) is 2.36. The largest absolute Gasteiger partial charge is 0.464 e. The molecule has 0 saturated carbocycles. The van der Waals surface area contributed by atoms with Crippen molar-refractivity contribution in [3.05, 3.63) is 36.3 Å². The molecule has 0 aromatic carbocycles. The second kappa shape index (κ2) is 3.06. The van der Waals surface area contributed by atoms with Gasteiger partial charge in [-0.05, 0) is 19.1 Å². The Hall–Kier alpha value is -1.24. The van der Waals surface area contributed by atoms with E-state index >= 15 is 0 Å². The topological polar surface area (TPSA) is 13.1 Å². The second-order valence-electron chi connectivity index (χ2n) is 1.94. The molecule has 0 aliphatic rings. The summed E-state index contributed by atoms with van der Waals surface area (Å²) in [5.74, 6) is 0.832. The molecule has 1 nitrogen and oxygen atoms in total. The van der Waals surface area contributed by atoms with Crippen LogP contribution in [-0.2, 0) is 0 Å². The minimum atomic E-state index is 0.832. The molecule has 0 atom stereocenters. The highest BCUT2D eigenvalue weighted by Gasteiger charge is 1.95. The molecular weight excluding hydrogens is 124 g/mol. The van der Waals surface area contributed by atoms with Crippen LogP contribution in [0.4, 0.5) is 0 Å². The van der Waals surface area contributed by atoms with Crippen LogP contribution in [-0.4, -0.2) is 0 Å². The first-order chi connectivity index (χ1) is 4.88. The summed E-state index contributed by atoms with van der Waals surface area (Å²) >= 11 is 0. The molecule has 0 amide bonds. The van der Waals surface area contributed by atoms with Gasteiger partial charge in [0.15, 0.2) is 0 Å². The van der Waals surface area contributed by atoms with Gasteiger partial charge in [-0.15, -0.1) is 0 Å². The molecule has 1 heteroatoms. The lowest BCUT2D eigenvalue weighted by Gasteiger charge is -1.85. The Balaban J connectivity index is 3.00. The van der Waals surface area contributed by atoms with Crippen molar-refractivity contribution in [1.29, 1.82) is 0 Å². The molecule has 52 valence electrons. The van der Waals surface area contributed by atoms with Crippen LogP contribution in [0.25, 0.3) is 12.2 Å². The maximum atomic E-state index is 5.10. The highest BCUT2D eigenvalue weighted by Crippen LogP contribution is 2.12. The van der Waals surface area contributed by atoms with Crippen LogP contribution in [0.2, 0.25) is 0 Å². The zero-order valence-corrected chi connectivity index (χ0v) is 6.00. The van der Waals surface area contributed by atoms with Gasteiger partial charge in [-0.25, -0.2) is 0 Å². The van der Waals surface area contributed by atoms with Gasteiger partial charge in [0.1, 0.15) is 5.76 Å². The third-order valence-corrected chi connectivity index (χ3v) is 1.26. The highest BCUT2D eigenvalue weighted by molar-refractivity contribution is 5.59. The molecule has 0 bridgehead atoms. The average molecular weight is 134 g/mol. The first-order valence-electron chi connectivity index (χ1n) is 3.21. The maximum absolute atomic E-state index is 5.10. The molecule has 0 radical (unpaired) electrons. The third kappa shape index (κ3) is 1.18. The van der Waals surface area contributed by atoms with Crippen LogP contribution in [0.3, 0.4) is 0 Å². The lowest BCUT2D eigenvalue weighted by molar-refractivity contribution is 0.556. The Morgan fingerprint density at radius 3 is 3.00 bits per heavy atom. The van der Waals surface area contributed by atoms with Crippen molar-refractivity contribution in [2.24, 2.45) is 0 Å². The number of hydrogen-bond donors (Lipinski definition) is 0. The van der Waals surface area contributed by atoms with E-state index < -0.39 is 0 Å². The zero-order chi connectivity index (χ0) is 7.40. The van der Waals surface area contributed by atoms with Gasteiger partial charge in [0.05, 0.1) is 6.26 Å². The normalized spacial score (nSPS) is 10.5. The fourth-order valence-corrected chi connectivity index (χ4v) is 0.814. The molecule has 0 spiro atoms. The summed E-state index contributed by atoms with van der Waals surface area (Å²) in [6, 6.07) is 1.91. The molecule has 1 aromatic heterocycles. The molecule has 0 N–H and O–H groups in total. The molecule has 0 unspecified atom stereocenters. The Morgan fingerprint density at radius 2 is 2.40 bits per heavy atom. The monoisotopic (exact) mass is 134 g/mol. The molecule has 1 aromatic rings. The first-order valence-corrected chi connectivity index (χ1v) is 3.21. The van der Waals surface area contributed by atoms with Crippen molar-refractivity contribution in [2.75, 3.05) is 0 Å². The summed E-state index contributed by atoms with van der Waals surface area (Å²) in [4.78, 5) is 0. The minimum absolute atomic E-state index is 0.832. The van der Waals surface area contributed by atoms with Crippen molar-refractivity contribution in [3.8, 4) is 0 Å². The fourth-order valence-electron chi connectivity index (χ4n) is 0.814. The van der Waals surface area contributed by atoms with E-state index in [0.29, 0.717) is 0 Å². The molecule has 1 heterocycles. The van der Waals surface area contributed by atoms with Crippen molar-refractivity contribution in [3.63, 3.8) is 0 Å². The number of rotatable bonds is 2. The van der Waals surface area contributed by atoms with Crippen LogP contribution < -0.4 is 0 Å². The smallest absolute Gasteiger partial charge is 0.133 e. The van der Waals surface area contributed by atoms with Crippen molar-refractivity contribution < 1.29 is 4.42 Å². The molecule has 0 aliphatic carbocycles. The molecule has 0 fully saturated rings. The van der Waals surface area contributed by atoms with E-state index in [1.54, 1.807) is 12.3 Å². The molecule has 0 aliphatic heterocycles. The summed E-state index contributed by atoms with van der Waals surface area (Å²) < 4.78 is 5.10. The Kier molecular flexibility index (Phi) is 2.11. The predicted octanol–water partition coefficient (Wildman–Crippen LogP) is 2.96. The highest BCUT2D eigenvalue weighted by atomic mass is 16.3. The van der Waals surface area contributed by atoms with Gasteiger partial charge in [0.25, 0.3) is 0 Å². The molecule has 10 heavy (non-hydrogen) atoms. The Bertz CT molecular complexity index is 243. The summed E-state index contributed by atoms with van der Waals surface area (Å²) in [6.45, 7) is 5.59. The lowest BCUT2D eigenvalue weighted by Crippen LogP contribution is -1.67. The van der Waals surface area contributed by atoms with Crippen LogP contribution >= 0.6 is 0 Å². The Labute approximate surface area is 60.7 Å². The van der Waals surface area contributed by atoms with Gasteiger partial charge in [0.2, 0.25) is 0 Å². The van der Waals surface area contributed by atoms with Crippen LogP contribution in [0, 0.1) is 0 Å². The van der Waals surface area contributed by atoms with Gasteiger partial charge in [0, 0.05) is 5.56 Å². The van der Waals surface area contributed by atoms with E-state index in [4.69, 9.17) is 4.42 Å². The van der Waals surface area contributed by atoms with E-state index in [1.807, 2.05) is 25.1 Å². The number of allylic oxidation sites excluding steroid dienone is 1. The Morgan fingerprint density at radius 1 is 1.60 bits per heavy atom. The summed E-state index contributed by atoms with van der Waals surface area (Å²) in [6.07, 6.45) is 7.32. The molecule has 1 rings (SSSR count).